The van der Waals surface area contributed by atoms with E-state index in [0.29, 0.717) is 6.42 Å². The summed E-state index contributed by atoms with van der Waals surface area (Å²) in [4.78, 5) is 9.99. The molecule has 7 heavy (non-hydrogen) atoms. The molecular formula is C6H12O. The van der Waals surface area contributed by atoms with Crippen molar-refractivity contribution in [1.82, 2.24) is 0 Å². The summed E-state index contributed by atoms with van der Waals surface area (Å²) in [5, 5.41) is 0. The molecule has 0 bridgehead atoms. The van der Waals surface area contributed by atoms with Crippen molar-refractivity contribution in [1.29, 1.82) is 0 Å². The third-order valence-electron chi connectivity index (χ3n) is 0.882. The Hall–Kier alpha value is -0.330. The molecule has 0 aliphatic carbocycles. The molecule has 0 amide bonds. The van der Waals surface area contributed by atoms with Gasteiger partial charge in [-0.1, -0.05) is 19.8 Å². The van der Waals surface area contributed by atoms with Crippen molar-refractivity contribution in [2.75, 3.05) is 0 Å². The van der Waals surface area contributed by atoms with Crippen LogP contribution >= 0.6 is 0 Å². The van der Waals surface area contributed by atoms with Gasteiger partial charge < -0.3 is 4.79 Å². The summed E-state index contributed by atoms with van der Waals surface area (Å²) in [6, 6.07) is 0. The Morgan fingerprint density at radius 2 is 2.43 bits per heavy atom. The Balaban J connectivity index is 2.82. The molecule has 0 aromatic rings. The molecule has 0 saturated heterocycles. The normalized spacial score (nSPS) is 10.7. The highest BCUT2D eigenvalue weighted by atomic mass is 16.1. The maximum Gasteiger partial charge on any atom is 0.119 e. The van der Waals surface area contributed by atoms with Crippen LogP contribution in [0.4, 0.5) is 0 Å². The highest BCUT2D eigenvalue weighted by Gasteiger charge is 1.80. The van der Waals surface area contributed by atoms with E-state index in [0.717, 1.165) is 19.3 Å². The number of hydrogen-bond acceptors (Lipinski definition) is 1. The van der Waals surface area contributed by atoms with Crippen molar-refractivity contribution < 1.29 is 6.17 Å². The number of aldehydes is 1. The van der Waals surface area contributed by atoms with Gasteiger partial charge >= 0.3 is 0 Å². The molecule has 0 spiro atoms. The average Bonchev–Trinajstić information content (AvgIpc) is 1.66. The van der Waals surface area contributed by atoms with E-state index in [1.807, 2.05) is 0 Å². The van der Waals surface area contributed by atoms with Crippen molar-refractivity contribution in [3.63, 3.8) is 0 Å². The van der Waals surface area contributed by atoms with Gasteiger partial charge in [0.2, 0.25) is 0 Å². The van der Waals surface area contributed by atoms with E-state index in [-0.39, 0.29) is 0 Å². The smallest absolute Gasteiger partial charge is 0.119 e. The van der Waals surface area contributed by atoms with Gasteiger partial charge in [-0.15, -0.1) is 0 Å². The van der Waals surface area contributed by atoms with Gasteiger partial charge in [-0.2, -0.15) is 0 Å². The Kier molecular flexibility index (Phi) is 3.90. The third kappa shape index (κ3) is 5.67. The van der Waals surface area contributed by atoms with Crippen LogP contribution < -0.4 is 0 Å². The lowest BCUT2D eigenvalue weighted by atomic mass is 10.2. The number of hydrogen-bond donors (Lipinski definition) is 0. The summed E-state index contributed by atoms with van der Waals surface area (Å²) in [6.07, 6.45) is 3.09. The van der Waals surface area contributed by atoms with Crippen LogP contribution in [0.15, 0.2) is 0 Å². The minimum atomic E-state index is -0.432. The summed E-state index contributed by atoms with van der Waals surface area (Å²) in [5.41, 5.74) is 0. The van der Waals surface area contributed by atoms with E-state index < -0.39 is 6.26 Å². The molecule has 0 aromatic heterocycles. The van der Waals surface area contributed by atoms with E-state index in [1.165, 1.54) is 0 Å². The standard InChI is InChI=1S/C6H12O/c1-2-3-4-5-6-7/h6H,2-5H2,1H3/i6D. The Morgan fingerprint density at radius 1 is 1.71 bits per heavy atom. The number of unbranched alkanes of at least 4 members (excludes halogenated alkanes) is 2. The Morgan fingerprint density at radius 3 is 2.86 bits per heavy atom. The minimum absolute atomic E-state index is 0.432. The SMILES string of the molecule is [2H]C(=O)CCCCC. The van der Waals surface area contributed by atoms with E-state index in [2.05, 4.69) is 6.92 Å². The fourth-order valence-electron chi connectivity index (χ4n) is 0.447. The highest BCUT2D eigenvalue weighted by molar-refractivity contribution is 5.48. The molecule has 0 aromatic carbocycles. The van der Waals surface area contributed by atoms with E-state index in [9.17, 15) is 4.79 Å². The molecule has 42 valence electrons. The minimum Gasteiger partial charge on any atom is -0.303 e. The summed E-state index contributed by atoms with van der Waals surface area (Å²) in [7, 11) is 0. The molecule has 0 aliphatic heterocycles. The van der Waals surface area contributed by atoms with E-state index in [4.69, 9.17) is 1.37 Å². The van der Waals surface area contributed by atoms with Gasteiger partial charge in [0.25, 0.3) is 0 Å². The van der Waals surface area contributed by atoms with Crippen molar-refractivity contribution in [2.24, 2.45) is 0 Å². The molecule has 1 nitrogen and oxygen atoms in total. The molecule has 0 aliphatic rings. The predicted molar refractivity (Wildman–Crippen MR) is 30.2 cm³/mol. The Bertz CT molecular complexity index is 70.9. The molecule has 1 heteroatoms. The third-order valence-corrected chi connectivity index (χ3v) is 0.882. The van der Waals surface area contributed by atoms with Gasteiger partial charge in [0.15, 0.2) is 0 Å². The Labute approximate surface area is 46.1 Å². The first-order valence-corrected chi connectivity index (χ1v) is 2.76. The maximum absolute atomic E-state index is 9.99. The molecular weight excluding hydrogens is 88.1 g/mol. The molecule has 0 saturated carbocycles. The number of carbonyl (C=O) groups excluding carboxylic acids is 1. The van der Waals surface area contributed by atoms with Crippen LogP contribution in [0.5, 0.6) is 0 Å². The first-order valence-electron chi connectivity index (χ1n) is 3.26. The first-order chi connectivity index (χ1) is 3.77. The van der Waals surface area contributed by atoms with Gasteiger partial charge in [-0.05, 0) is 6.42 Å². The van der Waals surface area contributed by atoms with Crippen LogP contribution in [-0.2, 0) is 4.79 Å². The largest absolute Gasteiger partial charge is 0.303 e. The fraction of sp³-hybridized carbons (Fsp3) is 0.833. The molecule has 0 unspecified atom stereocenters. The quantitative estimate of drug-likeness (QED) is 0.389. The second-order valence-electron chi connectivity index (χ2n) is 1.60. The number of carbonyl (C=O) groups is 1. The molecule has 0 fully saturated rings. The van der Waals surface area contributed by atoms with Gasteiger partial charge in [0.1, 0.15) is 7.63 Å². The zero-order valence-electron chi connectivity index (χ0n) is 5.74. The average molecular weight is 101 g/mol. The lowest BCUT2D eigenvalue weighted by Crippen LogP contribution is -1.73. The van der Waals surface area contributed by atoms with Gasteiger partial charge in [0, 0.05) is 6.42 Å². The monoisotopic (exact) mass is 101 g/mol. The fourth-order valence-corrected chi connectivity index (χ4v) is 0.447. The van der Waals surface area contributed by atoms with Crippen molar-refractivity contribution in [3.05, 3.63) is 0 Å². The molecule has 0 N–H and O–H groups in total. The lowest BCUT2D eigenvalue weighted by Gasteiger charge is -1.85. The zero-order valence-corrected chi connectivity index (χ0v) is 4.74. The van der Waals surface area contributed by atoms with Crippen LogP contribution in [0.1, 0.15) is 34.0 Å². The van der Waals surface area contributed by atoms with Crippen molar-refractivity contribution in [2.45, 2.75) is 32.6 Å². The van der Waals surface area contributed by atoms with Gasteiger partial charge in [-0.25, -0.2) is 0 Å². The van der Waals surface area contributed by atoms with Crippen molar-refractivity contribution >= 4 is 6.26 Å². The van der Waals surface area contributed by atoms with Crippen LogP contribution in [0.3, 0.4) is 0 Å². The van der Waals surface area contributed by atoms with Crippen LogP contribution in [-0.4, -0.2) is 6.26 Å². The summed E-state index contributed by atoms with van der Waals surface area (Å²) in [5.74, 6) is 0. The maximum atomic E-state index is 9.99. The zero-order chi connectivity index (χ0) is 6.41. The molecule has 0 radical (unpaired) electrons. The van der Waals surface area contributed by atoms with Crippen molar-refractivity contribution in [3.8, 4) is 0 Å². The second kappa shape index (κ2) is 5.67. The highest BCUT2D eigenvalue weighted by Crippen LogP contribution is 1.94. The molecule has 0 rings (SSSR count). The number of rotatable bonds is 4. The lowest BCUT2D eigenvalue weighted by molar-refractivity contribution is -0.107. The first kappa shape index (κ1) is 4.82. The summed E-state index contributed by atoms with van der Waals surface area (Å²) >= 11 is 0. The topological polar surface area (TPSA) is 17.1 Å². The second-order valence-corrected chi connectivity index (χ2v) is 1.60. The van der Waals surface area contributed by atoms with Gasteiger partial charge in [0.05, 0.1) is 0 Å². The van der Waals surface area contributed by atoms with Gasteiger partial charge in [-0.3, -0.25) is 0 Å². The van der Waals surface area contributed by atoms with E-state index >= 15 is 0 Å². The van der Waals surface area contributed by atoms with Crippen LogP contribution in [0.25, 0.3) is 0 Å². The van der Waals surface area contributed by atoms with Crippen LogP contribution in [0.2, 0.25) is 0 Å². The predicted octanol–water partition coefficient (Wildman–Crippen LogP) is 1.77. The molecule has 0 atom stereocenters. The molecule has 0 heterocycles. The van der Waals surface area contributed by atoms with E-state index in [1.54, 1.807) is 0 Å². The summed E-state index contributed by atoms with van der Waals surface area (Å²) < 4.78 is 6.52. The van der Waals surface area contributed by atoms with Crippen LogP contribution in [0, 0.1) is 0 Å². The summed E-state index contributed by atoms with van der Waals surface area (Å²) in [6.45, 7) is 2.08.